The maximum Gasteiger partial charge on any atom is 0.326 e. The molecule has 0 aromatic heterocycles. The highest BCUT2D eigenvalue weighted by molar-refractivity contribution is 5.83. The Morgan fingerprint density at radius 2 is 1.79 bits per heavy atom. The molecule has 2 aliphatic rings. The van der Waals surface area contributed by atoms with Crippen LogP contribution in [0.5, 0.6) is 0 Å². The van der Waals surface area contributed by atoms with Gasteiger partial charge in [-0.2, -0.15) is 0 Å². The molecule has 2 N–H and O–H groups in total. The zero-order valence-electron chi connectivity index (χ0n) is 11.5. The predicted molar refractivity (Wildman–Crippen MR) is 68.7 cm³/mol. The number of aliphatic hydroxyl groups is 1. The molecule has 2 aliphatic heterocycles. The molecule has 2 fully saturated rings. The number of carbonyl (C=O) groups is 2. The van der Waals surface area contributed by atoms with E-state index in [9.17, 15) is 14.7 Å². The molecule has 0 bridgehead atoms. The number of carbonyl (C=O) groups excluding carboxylic acids is 1. The number of amides is 2. The van der Waals surface area contributed by atoms with Crippen molar-refractivity contribution in [1.29, 1.82) is 0 Å². The number of aliphatic hydroxyl groups excluding tert-OH is 1. The first-order chi connectivity index (χ1) is 8.80. The molecule has 6 heteroatoms. The van der Waals surface area contributed by atoms with E-state index in [0.29, 0.717) is 13.1 Å². The van der Waals surface area contributed by atoms with E-state index >= 15 is 0 Å². The number of carboxylic acids is 1. The monoisotopic (exact) mass is 270 g/mol. The molecule has 6 nitrogen and oxygen atoms in total. The molecule has 0 aliphatic carbocycles. The first kappa shape index (κ1) is 14.1. The average molecular weight is 270 g/mol. The third-order valence-corrected chi connectivity index (χ3v) is 4.20. The Kier molecular flexibility index (Phi) is 3.71. The fourth-order valence-electron chi connectivity index (χ4n) is 2.74. The predicted octanol–water partition coefficient (Wildman–Crippen LogP) is 0.748. The van der Waals surface area contributed by atoms with Gasteiger partial charge in [-0.05, 0) is 18.3 Å². The van der Waals surface area contributed by atoms with Gasteiger partial charge in [0.2, 0.25) is 0 Å². The Morgan fingerprint density at radius 1 is 1.21 bits per heavy atom. The lowest BCUT2D eigenvalue weighted by Crippen LogP contribution is -2.51. The first-order valence-electron chi connectivity index (χ1n) is 6.76. The van der Waals surface area contributed by atoms with E-state index in [4.69, 9.17) is 5.11 Å². The van der Waals surface area contributed by atoms with Crippen LogP contribution in [0.25, 0.3) is 0 Å². The number of likely N-dealkylation sites (tertiary alicyclic amines) is 2. The largest absolute Gasteiger partial charge is 0.480 e. The lowest BCUT2D eigenvalue weighted by Gasteiger charge is -2.39. The lowest BCUT2D eigenvalue weighted by molar-refractivity contribution is -0.141. The Labute approximate surface area is 113 Å². The summed E-state index contributed by atoms with van der Waals surface area (Å²) in [7, 11) is 0. The zero-order chi connectivity index (χ0) is 14.2. The van der Waals surface area contributed by atoms with Gasteiger partial charge >= 0.3 is 12.0 Å². The van der Waals surface area contributed by atoms with Crippen molar-refractivity contribution in [2.75, 3.05) is 19.6 Å². The van der Waals surface area contributed by atoms with E-state index in [2.05, 4.69) is 13.8 Å². The Morgan fingerprint density at radius 3 is 2.32 bits per heavy atom. The van der Waals surface area contributed by atoms with Crippen molar-refractivity contribution in [3.63, 3.8) is 0 Å². The number of β-amino-alcohol motifs (C(OH)–C–C–N with tert-alkyl or cyclic N) is 1. The van der Waals surface area contributed by atoms with Crippen LogP contribution in [0.1, 0.15) is 33.1 Å². The van der Waals surface area contributed by atoms with E-state index in [1.54, 1.807) is 4.90 Å². The first-order valence-corrected chi connectivity index (χ1v) is 6.76. The second-order valence-electron chi connectivity index (χ2n) is 6.33. The second kappa shape index (κ2) is 5.00. The number of hydrogen-bond donors (Lipinski definition) is 2. The van der Waals surface area contributed by atoms with Crippen molar-refractivity contribution in [2.24, 2.45) is 5.41 Å². The summed E-state index contributed by atoms with van der Waals surface area (Å²) >= 11 is 0. The van der Waals surface area contributed by atoms with E-state index in [0.717, 1.165) is 12.8 Å². The number of piperidine rings is 1. The standard InChI is InChI=1S/C13H22N2O4/c1-13(2)3-5-14(6-4-13)12(19)15-8-9(16)7-10(15)11(17)18/h9-10,16H,3-8H2,1-2H3,(H,17,18)/t9-,10-/m1/s1. The molecule has 2 heterocycles. The number of hydrogen-bond acceptors (Lipinski definition) is 3. The topological polar surface area (TPSA) is 81.1 Å². The molecular weight excluding hydrogens is 248 g/mol. The van der Waals surface area contributed by atoms with Crippen molar-refractivity contribution in [2.45, 2.75) is 45.3 Å². The molecule has 0 unspecified atom stereocenters. The minimum atomic E-state index is -1.04. The van der Waals surface area contributed by atoms with Gasteiger partial charge in [-0.1, -0.05) is 13.8 Å². The van der Waals surface area contributed by atoms with Crippen LogP contribution in [0.3, 0.4) is 0 Å². The Balaban J connectivity index is 2.01. The van der Waals surface area contributed by atoms with E-state index in [1.165, 1.54) is 4.90 Å². The normalized spacial score (nSPS) is 30.5. The quantitative estimate of drug-likeness (QED) is 0.736. The van der Waals surface area contributed by atoms with Crippen molar-refractivity contribution < 1.29 is 19.8 Å². The summed E-state index contributed by atoms with van der Waals surface area (Å²) in [5, 5.41) is 18.7. The van der Waals surface area contributed by atoms with Gasteiger partial charge in [0, 0.05) is 26.1 Å². The van der Waals surface area contributed by atoms with Gasteiger partial charge in [-0.3, -0.25) is 0 Å². The number of urea groups is 1. The van der Waals surface area contributed by atoms with E-state index in [-0.39, 0.29) is 24.4 Å². The Hall–Kier alpha value is -1.30. The highest BCUT2D eigenvalue weighted by atomic mass is 16.4. The Bertz CT molecular complexity index is 373. The van der Waals surface area contributed by atoms with Gasteiger partial charge in [-0.15, -0.1) is 0 Å². The van der Waals surface area contributed by atoms with Crippen LogP contribution in [0.2, 0.25) is 0 Å². The molecule has 0 aromatic rings. The van der Waals surface area contributed by atoms with E-state index in [1.807, 2.05) is 0 Å². The second-order valence-corrected chi connectivity index (χ2v) is 6.33. The molecular formula is C13H22N2O4. The number of carboxylic acid groups (broad SMARTS) is 1. The number of aliphatic carboxylic acids is 1. The summed E-state index contributed by atoms with van der Waals surface area (Å²) in [6.07, 6.45) is 1.24. The molecule has 2 amide bonds. The zero-order valence-corrected chi connectivity index (χ0v) is 11.5. The van der Waals surface area contributed by atoms with Gasteiger partial charge < -0.3 is 20.0 Å². The maximum absolute atomic E-state index is 12.3. The summed E-state index contributed by atoms with van der Waals surface area (Å²) in [5.41, 5.74) is 0.244. The highest BCUT2D eigenvalue weighted by Gasteiger charge is 2.41. The summed E-state index contributed by atoms with van der Waals surface area (Å²) in [4.78, 5) is 26.5. The minimum Gasteiger partial charge on any atom is -0.480 e. The van der Waals surface area contributed by atoms with Gasteiger partial charge in [0.25, 0.3) is 0 Å². The molecule has 0 spiro atoms. The lowest BCUT2D eigenvalue weighted by atomic mass is 9.83. The number of rotatable bonds is 1. The highest BCUT2D eigenvalue weighted by Crippen LogP contribution is 2.31. The minimum absolute atomic E-state index is 0.121. The molecule has 0 radical (unpaired) electrons. The van der Waals surface area contributed by atoms with E-state index < -0.39 is 18.1 Å². The van der Waals surface area contributed by atoms with Gasteiger partial charge in [0.1, 0.15) is 6.04 Å². The van der Waals surface area contributed by atoms with Crippen LogP contribution in [0.15, 0.2) is 0 Å². The molecule has 108 valence electrons. The third-order valence-electron chi connectivity index (χ3n) is 4.20. The fourth-order valence-corrected chi connectivity index (χ4v) is 2.74. The molecule has 0 aromatic carbocycles. The van der Waals surface area contributed by atoms with Crippen LogP contribution in [-0.4, -0.2) is 63.8 Å². The molecule has 0 saturated carbocycles. The van der Waals surface area contributed by atoms with Crippen molar-refractivity contribution in [3.8, 4) is 0 Å². The van der Waals surface area contributed by atoms with Crippen molar-refractivity contribution >= 4 is 12.0 Å². The molecule has 2 saturated heterocycles. The summed E-state index contributed by atoms with van der Waals surface area (Å²) in [6.45, 7) is 5.79. The van der Waals surface area contributed by atoms with Crippen molar-refractivity contribution in [3.05, 3.63) is 0 Å². The van der Waals surface area contributed by atoms with Crippen LogP contribution >= 0.6 is 0 Å². The summed E-state index contributed by atoms with van der Waals surface area (Å²) < 4.78 is 0. The van der Waals surface area contributed by atoms with Gasteiger partial charge in [0.15, 0.2) is 0 Å². The smallest absolute Gasteiger partial charge is 0.326 e. The number of nitrogens with zero attached hydrogens (tertiary/aromatic N) is 2. The third kappa shape index (κ3) is 3.00. The fraction of sp³-hybridized carbons (Fsp3) is 0.846. The van der Waals surface area contributed by atoms with Gasteiger partial charge in [0.05, 0.1) is 6.10 Å². The SMILES string of the molecule is CC1(C)CCN(C(=O)N2C[C@H](O)C[C@@H]2C(=O)O)CC1. The van der Waals surface area contributed by atoms with Gasteiger partial charge in [-0.25, -0.2) is 9.59 Å². The molecule has 19 heavy (non-hydrogen) atoms. The summed E-state index contributed by atoms with van der Waals surface area (Å²) in [6, 6.07) is -1.14. The molecule has 2 atom stereocenters. The van der Waals surface area contributed by atoms with Crippen LogP contribution in [0.4, 0.5) is 4.79 Å². The average Bonchev–Trinajstić information content (AvgIpc) is 2.70. The van der Waals surface area contributed by atoms with Crippen LogP contribution in [0, 0.1) is 5.41 Å². The maximum atomic E-state index is 12.3. The van der Waals surface area contributed by atoms with Crippen molar-refractivity contribution in [1.82, 2.24) is 9.80 Å². The van der Waals surface area contributed by atoms with Crippen LogP contribution in [-0.2, 0) is 4.79 Å². The molecule has 2 rings (SSSR count). The van der Waals surface area contributed by atoms with Crippen LogP contribution < -0.4 is 0 Å². The summed E-state index contributed by atoms with van der Waals surface area (Å²) in [5.74, 6) is -1.04.